The van der Waals surface area contributed by atoms with E-state index in [1.54, 1.807) is 20.9 Å². The fourth-order valence-electron chi connectivity index (χ4n) is 2.83. The highest BCUT2D eigenvalue weighted by Crippen LogP contribution is 2.43. The summed E-state index contributed by atoms with van der Waals surface area (Å²) in [6, 6.07) is 4.20. The Balaban J connectivity index is 1.99. The highest BCUT2D eigenvalue weighted by atomic mass is 35.5. The third kappa shape index (κ3) is 2.43. The van der Waals surface area contributed by atoms with Crippen LogP contribution in [0.1, 0.15) is 29.8 Å². The van der Waals surface area contributed by atoms with Crippen LogP contribution in [0.15, 0.2) is 30.6 Å². The summed E-state index contributed by atoms with van der Waals surface area (Å²) < 4.78 is 14.4. The summed E-state index contributed by atoms with van der Waals surface area (Å²) in [4.78, 5) is 29.8. The molecule has 0 aliphatic carbocycles. The van der Waals surface area contributed by atoms with Gasteiger partial charge in [-0.15, -0.1) is 0 Å². The van der Waals surface area contributed by atoms with E-state index in [0.717, 1.165) is 0 Å². The van der Waals surface area contributed by atoms with Gasteiger partial charge in [0.15, 0.2) is 0 Å². The molecule has 2 heterocycles. The number of likely N-dealkylation sites (N-methyl/N-ethyl adjacent to an activating group) is 1. The molecule has 0 radical (unpaired) electrons. The smallest absolute Gasteiger partial charge is 0.257 e. The van der Waals surface area contributed by atoms with Crippen LogP contribution >= 0.6 is 11.6 Å². The number of halogens is 2. The molecule has 0 unspecified atom stereocenters. The Morgan fingerprint density at radius 2 is 2.08 bits per heavy atom. The molecule has 0 saturated heterocycles. The Bertz CT molecular complexity index is 867. The zero-order valence-electron chi connectivity index (χ0n) is 13.4. The highest BCUT2D eigenvalue weighted by molar-refractivity contribution is 6.34. The van der Waals surface area contributed by atoms with E-state index >= 15 is 0 Å². The summed E-state index contributed by atoms with van der Waals surface area (Å²) in [5, 5.41) is 2.67. The molecule has 1 aliphatic heterocycles. The first-order valence-corrected chi connectivity index (χ1v) is 7.64. The van der Waals surface area contributed by atoms with Gasteiger partial charge in [-0.1, -0.05) is 11.6 Å². The van der Waals surface area contributed by atoms with Gasteiger partial charge in [0, 0.05) is 25.1 Å². The maximum Gasteiger partial charge on any atom is 0.257 e. The van der Waals surface area contributed by atoms with Crippen LogP contribution in [0, 0.1) is 5.82 Å². The number of carbonyl (C=O) groups is 2. The zero-order valence-corrected chi connectivity index (χ0v) is 14.1. The van der Waals surface area contributed by atoms with Gasteiger partial charge in [-0.3, -0.25) is 14.6 Å². The number of benzene rings is 1. The molecule has 24 heavy (non-hydrogen) atoms. The fraction of sp³-hybridized carbons (Fsp3) is 0.235. The maximum absolute atomic E-state index is 14.4. The average molecular weight is 348 g/mol. The van der Waals surface area contributed by atoms with E-state index in [2.05, 4.69) is 10.3 Å². The molecular formula is C17H15ClFN3O2. The number of anilines is 2. The number of pyridine rings is 1. The van der Waals surface area contributed by atoms with Crippen molar-refractivity contribution in [2.75, 3.05) is 17.3 Å². The molecule has 5 nitrogen and oxygen atoms in total. The number of aromatic nitrogens is 1. The van der Waals surface area contributed by atoms with Gasteiger partial charge in [0.2, 0.25) is 5.91 Å². The van der Waals surface area contributed by atoms with Gasteiger partial charge in [-0.05, 0) is 37.6 Å². The molecule has 7 heteroatoms. The summed E-state index contributed by atoms with van der Waals surface area (Å²) in [6.07, 6.45) is 2.76. The first-order chi connectivity index (χ1) is 11.2. The summed E-state index contributed by atoms with van der Waals surface area (Å²) in [5.41, 5.74) is 0.539. The lowest BCUT2D eigenvalue weighted by Crippen LogP contribution is -2.33. The van der Waals surface area contributed by atoms with E-state index in [1.165, 1.54) is 35.5 Å². The highest BCUT2D eigenvalue weighted by Gasteiger charge is 2.43. The van der Waals surface area contributed by atoms with E-state index in [4.69, 9.17) is 11.6 Å². The van der Waals surface area contributed by atoms with Crippen molar-refractivity contribution < 1.29 is 14.0 Å². The zero-order chi connectivity index (χ0) is 17.6. The van der Waals surface area contributed by atoms with Gasteiger partial charge < -0.3 is 10.2 Å². The Hall–Kier alpha value is -2.47. The van der Waals surface area contributed by atoms with Gasteiger partial charge in [0.1, 0.15) is 5.82 Å². The number of nitrogens with zero attached hydrogens (tertiary/aromatic N) is 2. The molecule has 1 aromatic heterocycles. The number of hydrogen-bond donors (Lipinski definition) is 1. The van der Waals surface area contributed by atoms with Crippen LogP contribution in [0.3, 0.4) is 0 Å². The molecule has 2 amide bonds. The summed E-state index contributed by atoms with van der Waals surface area (Å²) in [7, 11) is 1.62. The molecule has 124 valence electrons. The van der Waals surface area contributed by atoms with Crippen LogP contribution in [0.4, 0.5) is 15.8 Å². The fourth-order valence-corrected chi connectivity index (χ4v) is 3.03. The predicted octanol–water partition coefficient (Wildman–Crippen LogP) is 3.38. The molecule has 3 rings (SSSR count). The van der Waals surface area contributed by atoms with Crippen molar-refractivity contribution >= 4 is 34.8 Å². The lowest BCUT2D eigenvalue weighted by Gasteiger charge is -2.16. The molecule has 1 aromatic carbocycles. The lowest BCUT2D eigenvalue weighted by molar-refractivity contribution is -0.121. The van der Waals surface area contributed by atoms with Crippen molar-refractivity contribution in [2.45, 2.75) is 19.3 Å². The van der Waals surface area contributed by atoms with Crippen LogP contribution in [0.25, 0.3) is 0 Å². The second-order valence-electron chi connectivity index (χ2n) is 6.15. The Morgan fingerprint density at radius 3 is 2.75 bits per heavy atom. The number of nitrogens with one attached hydrogen (secondary N) is 1. The minimum Gasteiger partial charge on any atom is -0.319 e. The molecule has 0 spiro atoms. The van der Waals surface area contributed by atoms with Crippen molar-refractivity contribution in [1.82, 2.24) is 4.98 Å². The first kappa shape index (κ1) is 16.4. The summed E-state index contributed by atoms with van der Waals surface area (Å²) in [5.74, 6) is -1.28. The van der Waals surface area contributed by atoms with Crippen LogP contribution < -0.4 is 10.2 Å². The van der Waals surface area contributed by atoms with Gasteiger partial charge in [-0.25, -0.2) is 4.39 Å². The topological polar surface area (TPSA) is 62.3 Å². The van der Waals surface area contributed by atoms with Crippen molar-refractivity contribution in [3.05, 3.63) is 52.6 Å². The third-order valence-corrected chi connectivity index (χ3v) is 4.53. The van der Waals surface area contributed by atoms with Crippen LogP contribution in [-0.2, 0) is 10.2 Å². The van der Waals surface area contributed by atoms with E-state index in [-0.39, 0.29) is 22.2 Å². The van der Waals surface area contributed by atoms with Gasteiger partial charge in [0.25, 0.3) is 5.91 Å². The number of hydrogen-bond acceptors (Lipinski definition) is 3. The van der Waals surface area contributed by atoms with Crippen LogP contribution in [0.2, 0.25) is 5.02 Å². The molecule has 0 atom stereocenters. The summed E-state index contributed by atoms with van der Waals surface area (Å²) in [6.45, 7) is 3.48. The second-order valence-corrected chi connectivity index (χ2v) is 6.56. The minimum absolute atomic E-state index is 0.0102. The Labute approximate surface area is 143 Å². The average Bonchev–Trinajstić information content (AvgIpc) is 2.69. The Kier molecular flexibility index (Phi) is 3.80. The van der Waals surface area contributed by atoms with Crippen molar-refractivity contribution in [3.8, 4) is 0 Å². The number of rotatable bonds is 2. The quantitative estimate of drug-likeness (QED) is 0.905. The number of amides is 2. The largest absolute Gasteiger partial charge is 0.319 e. The van der Waals surface area contributed by atoms with E-state index in [9.17, 15) is 14.0 Å². The minimum atomic E-state index is -0.804. The third-order valence-electron chi connectivity index (χ3n) is 4.22. The predicted molar refractivity (Wildman–Crippen MR) is 90.0 cm³/mol. The van der Waals surface area contributed by atoms with Crippen molar-refractivity contribution in [3.63, 3.8) is 0 Å². The van der Waals surface area contributed by atoms with Crippen molar-refractivity contribution in [1.29, 1.82) is 0 Å². The maximum atomic E-state index is 14.4. The molecule has 0 bridgehead atoms. The molecule has 1 N–H and O–H groups in total. The standard InChI is InChI=1S/C17H15ClFN3O2/c1-17(2)10-6-12(19)13(7-14(10)22(3)16(17)24)21-15(23)9-4-5-20-8-11(9)18/h4-8H,1-3H3,(H,21,23). The SMILES string of the molecule is CN1C(=O)C(C)(C)c2cc(F)c(NC(=O)c3ccncc3Cl)cc21. The number of carbonyl (C=O) groups excluding carboxylic acids is 2. The molecule has 2 aromatic rings. The Morgan fingerprint density at radius 1 is 1.38 bits per heavy atom. The normalized spacial score (nSPS) is 15.4. The molecule has 1 aliphatic rings. The monoisotopic (exact) mass is 347 g/mol. The lowest BCUT2D eigenvalue weighted by atomic mass is 9.86. The second kappa shape index (κ2) is 5.56. The molecule has 0 fully saturated rings. The first-order valence-electron chi connectivity index (χ1n) is 7.26. The van der Waals surface area contributed by atoms with E-state index in [0.29, 0.717) is 11.3 Å². The van der Waals surface area contributed by atoms with E-state index < -0.39 is 17.1 Å². The van der Waals surface area contributed by atoms with Crippen molar-refractivity contribution in [2.24, 2.45) is 0 Å². The van der Waals surface area contributed by atoms with Gasteiger partial charge in [0.05, 0.1) is 21.7 Å². The van der Waals surface area contributed by atoms with Crippen LogP contribution in [-0.4, -0.2) is 23.8 Å². The number of fused-ring (bicyclic) bond motifs is 1. The molecule has 0 saturated carbocycles. The van der Waals surface area contributed by atoms with E-state index in [1.807, 2.05) is 0 Å². The van der Waals surface area contributed by atoms with Gasteiger partial charge >= 0.3 is 0 Å². The summed E-state index contributed by atoms with van der Waals surface area (Å²) >= 11 is 5.93. The van der Waals surface area contributed by atoms with Gasteiger partial charge in [-0.2, -0.15) is 0 Å². The molecular weight excluding hydrogens is 333 g/mol. The van der Waals surface area contributed by atoms with Crippen LogP contribution in [0.5, 0.6) is 0 Å².